The third kappa shape index (κ3) is 3.02. The van der Waals surface area contributed by atoms with E-state index in [1.54, 1.807) is 4.90 Å². The zero-order valence-electron chi connectivity index (χ0n) is 14.1. The fraction of sp³-hybridized carbons (Fsp3) is 0.529. The van der Waals surface area contributed by atoms with Crippen molar-refractivity contribution in [3.8, 4) is 0 Å². The van der Waals surface area contributed by atoms with Gasteiger partial charge in [-0.1, -0.05) is 30.3 Å². The molecule has 0 aromatic heterocycles. The van der Waals surface area contributed by atoms with Gasteiger partial charge in [-0.05, 0) is 14.1 Å². The molecule has 0 bridgehead atoms. The van der Waals surface area contributed by atoms with E-state index in [-0.39, 0.29) is 25.0 Å². The fourth-order valence-corrected chi connectivity index (χ4v) is 3.28. The summed E-state index contributed by atoms with van der Waals surface area (Å²) >= 11 is 0. The number of hydrogen-bond donors (Lipinski definition) is 2. The van der Waals surface area contributed by atoms with Gasteiger partial charge in [-0.2, -0.15) is 0 Å². The number of carbonyl (C=O) groups is 2. The lowest BCUT2D eigenvalue weighted by molar-refractivity contribution is -0.161. The van der Waals surface area contributed by atoms with Crippen molar-refractivity contribution >= 4 is 11.8 Å². The van der Waals surface area contributed by atoms with E-state index in [9.17, 15) is 9.59 Å². The van der Waals surface area contributed by atoms with E-state index < -0.39 is 11.8 Å². The minimum atomic E-state index is -0.903. The molecule has 0 saturated carbocycles. The molecule has 0 radical (unpaired) electrons. The van der Waals surface area contributed by atoms with E-state index >= 15 is 0 Å². The van der Waals surface area contributed by atoms with Gasteiger partial charge in [0.2, 0.25) is 11.8 Å². The molecule has 0 unspecified atom stereocenters. The first-order valence-electron chi connectivity index (χ1n) is 8.19. The van der Waals surface area contributed by atoms with Gasteiger partial charge in [0, 0.05) is 25.2 Å². The molecule has 2 amide bonds. The fourth-order valence-electron chi connectivity index (χ4n) is 3.28. The lowest BCUT2D eigenvalue weighted by Crippen LogP contribution is -2.63. The topological polar surface area (TPSA) is 73.9 Å². The van der Waals surface area contributed by atoms with E-state index in [1.807, 2.05) is 49.3 Å². The van der Waals surface area contributed by atoms with Gasteiger partial charge in [0.15, 0.2) is 5.72 Å². The van der Waals surface area contributed by atoms with E-state index in [0.717, 1.165) is 12.1 Å². The Labute approximate surface area is 141 Å². The number of benzene rings is 1. The second-order valence-corrected chi connectivity index (χ2v) is 6.44. The molecule has 2 aliphatic heterocycles. The van der Waals surface area contributed by atoms with Crippen molar-refractivity contribution in [1.29, 1.82) is 0 Å². The molecule has 2 saturated heterocycles. The van der Waals surface area contributed by atoms with Crippen molar-refractivity contribution in [2.24, 2.45) is 0 Å². The smallest absolute Gasteiger partial charge is 0.245 e. The lowest BCUT2D eigenvalue weighted by Gasteiger charge is -2.42. The summed E-state index contributed by atoms with van der Waals surface area (Å²) in [7, 11) is 3.90. The molecule has 2 N–H and O–H groups in total. The Morgan fingerprint density at radius 3 is 2.88 bits per heavy atom. The van der Waals surface area contributed by atoms with E-state index in [4.69, 9.17) is 4.74 Å². The number of rotatable bonds is 5. The Kier molecular flexibility index (Phi) is 4.84. The number of nitrogens with one attached hydrogen (secondary N) is 2. The lowest BCUT2D eigenvalue weighted by atomic mass is 9.98. The summed E-state index contributed by atoms with van der Waals surface area (Å²) in [5.41, 5.74) is -0.0192. The highest BCUT2D eigenvalue weighted by molar-refractivity contribution is 5.90. The van der Waals surface area contributed by atoms with Crippen LogP contribution >= 0.6 is 0 Å². The summed E-state index contributed by atoms with van der Waals surface area (Å²) in [5, 5.41) is 6.01. The third-order valence-corrected chi connectivity index (χ3v) is 4.48. The van der Waals surface area contributed by atoms with Crippen molar-refractivity contribution in [1.82, 2.24) is 20.4 Å². The van der Waals surface area contributed by atoms with Crippen LogP contribution in [0.25, 0.3) is 0 Å². The maximum absolute atomic E-state index is 12.6. The summed E-state index contributed by atoms with van der Waals surface area (Å²) in [5.74, 6) is -0.278. The Morgan fingerprint density at radius 1 is 1.42 bits per heavy atom. The molecule has 2 atom stereocenters. The van der Waals surface area contributed by atoms with Crippen LogP contribution < -0.4 is 10.6 Å². The van der Waals surface area contributed by atoms with Gasteiger partial charge in [-0.3, -0.25) is 14.5 Å². The van der Waals surface area contributed by atoms with Crippen LogP contribution in [-0.4, -0.2) is 74.5 Å². The number of carbonyl (C=O) groups excluding carboxylic acids is 2. The van der Waals surface area contributed by atoms with Crippen LogP contribution in [0, 0.1) is 0 Å². The number of likely N-dealkylation sites (N-methyl/N-ethyl adjacent to an activating group) is 1. The quantitative estimate of drug-likeness (QED) is 0.749. The highest BCUT2D eigenvalue weighted by atomic mass is 16.5. The molecular formula is C17H24N4O3. The molecule has 130 valence electrons. The van der Waals surface area contributed by atoms with Crippen LogP contribution in [0.1, 0.15) is 5.56 Å². The maximum atomic E-state index is 12.6. The average molecular weight is 332 g/mol. The van der Waals surface area contributed by atoms with Gasteiger partial charge in [0.05, 0.1) is 13.2 Å². The van der Waals surface area contributed by atoms with Gasteiger partial charge >= 0.3 is 0 Å². The number of fused-ring (bicyclic) bond motifs is 1. The van der Waals surface area contributed by atoms with Crippen molar-refractivity contribution in [2.45, 2.75) is 11.8 Å². The number of nitrogens with zero attached hydrogens (tertiary/aromatic N) is 2. The Balaban J connectivity index is 1.81. The van der Waals surface area contributed by atoms with Crippen molar-refractivity contribution in [3.05, 3.63) is 35.9 Å². The molecule has 1 aromatic rings. The van der Waals surface area contributed by atoms with Gasteiger partial charge in [0.25, 0.3) is 0 Å². The Hall–Kier alpha value is -1.96. The molecular weight excluding hydrogens is 308 g/mol. The molecule has 7 heteroatoms. The molecule has 0 aliphatic carbocycles. The molecule has 7 nitrogen and oxygen atoms in total. The van der Waals surface area contributed by atoms with Crippen LogP contribution in [0.3, 0.4) is 0 Å². The van der Waals surface area contributed by atoms with Crippen LogP contribution in [-0.2, 0) is 20.1 Å². The minimum Gasteiger partial charge on any atom is -0.353 e. The molecule has 0 spiro atoms. The second-order valence-electron chi connectivity index (χ2n) is 6.44. The van der Waals surface area contributed by atoms with Gasteiger partial charge in [-0.25, -0.2) is 0 Å². The number of piperazine rings is 1. The zero-order chi connectivity index (χ0) is 17.2. The van der Waals surface area contributed by atoms with Crippen LogP contribution in [0.4, 0.5) is 0 Å². The summed E-state index contributed by atoms with van der Waals surface area (Å²) in [6.45, 7) is 2.19. The zero-order valence-corrected chi connectivity index (χ0v) is 14.1. The molecule has 2 heterocycles. The molecule has 2 fully saturated rings. The van der Waals surface area contributed by atoms with Gasteiger partial charge in [0.1, 0.15) is 6.04 Å². The standard InChI is InChI=1S/C17H24N4O3/c1-20(2)9-8-19-16(23)14-11-24-17(13-6-4-3-5-7-13)12-18-10-15(22)21(14)17/h3-7,14,18H,8-12H2,1-2H3,(H,19,23)/t14-,17+/m0/s1. The number of amides is 2. The molecule has 3 rings (SSSR count). The van der Waals surface area contributed by atoms with E-state index in [1.165, 1.54) is 0 Å². The SMILES string of the molecule is CN(C)CCNC(=O)[C@@H]1CO[C@@]2(c3ccccc3)CNCC(=O)N12. The third-order valence-electron chi connectivity index (χ3n) is 4.48. The first-order valence-corrected chi connectivity index (χ1v) is 8.19. The Morgan fingerprint density at radius 2 is 2.17 bits per heavy atom. The second kappa shape index (κ2) is 6.88. The highest BCUT2D eigenvalue weighted by Crippen LogP contribution is 2.38. The molecule has 1 aromatic carbocycles. The Bertz CT molecular complexity index is 607. The van der Waals surface area contributed by atoms with Crippen LogP contribution in [0.5, 0.6) is 0 Å². The first kappa shape index (κ1) is 16.9. The van der Waals surface area contributed by atoms with Crippen molar-refractivity contribution in [3.63, 3.8) is 0 Å². The maximum Gasteiger partial charge on any atom is 0.245 e. The summed E-state index contributed by atoms with van der Waals surface area (Å²) < 4.78 is 6.03. The number of hydrogen-bond acceptors (Lipinski definition) is 5. The van der Waals surface area contributed by atoms with E-state index in [2.05, 4.69) is 10.6 Å². The summed E-state index contributed by atoms with van der Waals surface area (Å²) in [4.78, 5) is 28.7. The first-order chi connectivity index (χ1) is 11.5. The predicted molar refractivity (Wildman–Crippen MR) is 89.1 cm³/mol. The largest absolute Gasteiger partial charge is 0.353 e. The normalized spacial score (nSPS) is 26.5. The average Bonchev–Trinajstić information content (AvgIpc) is 2.98. The van der Waals surface area contributed by atoms with Crippen molar-refractivity contribution < 1.29 is 14.3 Å². The molecule has 2 aliphatic rings. The predicted octanol–water partition coefficient (Wildman–Crippen LogP) is -0.652. The molecule has 24 heavy (non-hydrogen) atoms. The van der Waals surface area contributed by atoms with Gasteiger partial charge < -0.3 is 20.3 Å². The summed E-state index contributed by atoms with van der Waals surface area (Å²) in [6, 6.07) is 9.01. The summed E-state index contributed by atoms with van der Waals surface area (Å²) in [6.07, 6.45) is 0. The van der Waals surface area contributed by atoms with Crippen LogP contribution in [0.2, 0.25) is 0 Å². The van der Waals surface area contributed by atoms with Crippen LogP contribution in [0.15, 0.2) is 30.3 Å². The highest BCUT2D eigenvalue weighted by Gasteiger charge is 2.55. The van der Waals surface area contributed by atoms with E-state index in [0.29, 0.717) is 13.1 Å². The minimum absolute atomic E-state index is 0.115. The van der Waals surface area contributed by atoms with Crippen molar-refractivity contribution in [2.75, 3.05) is 46.9 Å². The monoisotopic (exact) mass is 332 g/mol. The number of ether oxygens (including phenoxy) is 1. The van der Waals surface area contributed by atoms with Gasteiger partial charge in [-0.15, -0.1) is 0 Å².